The van der Waals surface area contributed by atoms with E-state index in [1.54, 1.807) is 0 Å². The molecule has 5 aliphatic carbocycles. The Morgan fingerprint density at radius 1 is 0.814 bits per heavy atom. The molecule has 6 aliphatic rings. The molecule has 0 radical (unpaired) electrons. The second-order valence-electron chi connectivity index (χ2n) is 22.2. The van der Waals surface area contributed by atoms with Crippen molar-refractivity contribution in [2.24, 2.45) is 50.7 Å². The first-order chi connectivity index (χ1) is 27.5. The van der Waals surface area contributed by atoms with Crippen molar-refractivity contribution < 1.29 is 42.6 Å². The molecule has 1 aliphatic heterocycles. The zero-order valence-corrected chi connectivity index (χ0v) is 41.7. The number of hydrogen-bond acceptors (Lipinski definition) is 8. The van der Waals surface area contributed by atoms with E-state index < -0.39 is 34.3 Å². The van der Waals surface area contributed by atoms with Gasteiger partial charge in [0.15, 0.2) is 22.7 Å². The second-order valence-corrected chi connectivity index (χ2v) is 31.7. The Balaban J connectivity index is 1.38. The number of carboxylic acid groups (broad SMARTS) is 1. The summed E-state index contributed by atoms with van der Waals surface area (Å²) >= 11 is 0. The maximum absolute atomic E-state index is 13.0. The number of esters is 2. The highest BCUT2D eigenvalue weighted by Crippen LogP contribution is 2.89. The maximum Gasteiger partial charge on any atom is 0.306 e. The second kappa shape index (κ2) is 16.4. The molecular formula is C48H84O9Si2. The van der Waals surface area contributed by atoms with E-state index in [0.717, 1.165) is 74.8 Å². The minimum Gasteiger partial charge on any atom is -0.481 e. The summed E-state index contributed by atoms with van der Waals surface area (Å²) in [5, 5.41) is 9.20. The lowest BCUT2D eigenvalue weighted by Gasteiger charge is -2.64. The predicted octanol–water partition coefficient (Wildman–Crippen LogP) is 11.3. The van der Waals surface area contributed by atoms with E-state index in [-0.39, 0.29) is 76.3 Å². The summed E-state index contributed by atoms with van der Waals surface area (Å²) in [5.74, 6) is -0.0237. The van der Waals surface area contributed by atoms with Crippen molar-refractivity contribution in [2.45, 2.75) is 234 Å². The molecule has 0 bridgehead atoms. The van der Waals surface area contributed by atoms with Crippen molar-refractivity contribution in [1.29, 1.82) is 0 Å². The van der Waals surface area contributed by atoms with E-state index in [9.17, 15) is 19.5 Å². The molecule has 5 saturated carbocycles. The van der Waals surface area contributed by atoms with Crippen molar-refractivity contribution in [3.63, 3.8) is 0 Å². The highest BCUT2D eigenvalue weighted by atomic mass is 28.4. The molecule has 59 heavy (non-hydrogen) atoms. The van der Waals surface area contributed by atoms with Gasteiger partial charge in [-0.1, -0.05) is 76.2 Å². The van der Waals surface area contributed by atoms with Crippen LogP contribution in [0, 0.1) is 50.7 Å². The molecule has 2 spiro atoms. The number of carboxylic acids is 1. The standard InChI is InChI=1S/C48H84O9Si2/c1-15-58(16-2,17-3)56-42-40-39(31(7)29-33(54-40)41(53-32(8)49)44(11,12)57-59(18-4,19-5)20-6)45(13)27-28-48-30-47(48)26-25-36(55-38(52)24-23-37(50)51)43(9,10)34(47)21-22-35(48)46(42,45)14/h31,33-36,39-42H,15-30H2,1-14H3,(H,50,51)/t31-,33?,34?,35?,36?,39+,40?,41?,42+,45?,46-,47?,48?/m1/s1. The monoisotopic (exact) mass is 861 g/mol. The Hall–Kier alpha value is -1.28. The van der Waals surface area contributed by atoms with Crippen LogP contribution in [-0.4, -0.2) is 75.8 Å². The molecule has 1 heterocycles. The third-order valence-corrected chi connectivity index (χ3v) is 29.0. The molecule has 0 aromatic heterocycles. The average Bonchev–Trinajstić information content (AvgIpc) is 3.81. The number of hydrogen-bond donors (Lipinski definition) is 1. The lowest BCUT2D eigenvalue weighted by molar-refractivity contribution is -0.212. The normalized spacial score (nSPS) is 40.4. The Morgan fingerprint density at radius 3 is 1.95 bits per heavy atom. The molecule has 6 rings (SSSR count). The fourth-order valence-corrected chi connectivity index (χ4v) is 22.1. The minimum atomic E-state index is -2.13. The molecule has 0 aromatic carbocycles. The van der Waals surface area contributed by atoms with Gasteiger partial charge in [-0.3, -0.25) is 14.4 Å². The van der Waals surface area contributed by atoms with E-state index in [0.29, 0.717) is 23.7 Å². The summed E-state index contributed by atoms with van der Waals surface area (Å²) in [6, 6.07) is 6.31. The van der Waals surface area contributed by atoms with Crippen molar-refractivity contribution in [3.05, 3.63) is 0 Å². The first-order valence-electron chi connectivity index (χ1n) is 24.1. The van der Waals surface area contributed by atoms with E-state index >= 15 is 0 Å². The maximum atomic E-state index is 13.0. The van der Waals surface area contributed by atoms with E-state index in [1.807, 2.05) is 0 Å². The van der Waals surface area contributed by atoms with Gasteiger partial charge < -0.3 is 28.2 Å². The quantitative estimate of drug-likeness (QED) is 0.113. The van der Waals surface area contributed by atoms with Crippen LogP contribution in [0.5, 0.6) is 0 Å². The molecular weight excluding hydrogens is 777 g/mol. The van der Waals surface area contributed by atoms with Crippen molar-refractivity contribution in [3.8, 4) is 0 Å². The van der Waals surface area contributed by atoms with Gasteiger partial charge in [-0.25, -0.2) is 0 Å². The first-order valence-corrected chi connectivity index (χ1v) is 29.2. The Kier molecular flexibility index (Phi) is 13.1. The van der Waals surface area contributed by atoms with Crippen LogP contribution in [0.1, 0.15) is 161 Å². The predicted molar refractivity (Wildman–Crippen MR) is 237 cm³/mol. The summed E-state index contributed by atoms with van der Waals surface area (Å²) in [6.45, 7) is 32.0. The van der Waals surface area contributed by atoms with Gasteiger partial charge in [0.05, 0.1) is 36.8 Å². The van der Waals surface area contributed by atoms with Crippen LogP contribution in [-0.2, 0) is 37.4 Å². The van der Waals surface area contributed by atoms with Gasteiger partial charge >= 0.3 is 17.9 Å². The van der Waals surface area contributed by atoms with Crippen molar-refractivity contribution in [1.82, 2.24) is 0 Å². The van der Waals surface area contributed by atoms with Gasteiger partial charge in [0, 0.05) is 17.8 Å². The highest BCUT2D eigenvalue weighted by molar-refractivity contribution is 6.74. The van der Waals surface area contributed by atoms with Gasteiger partial charge in [-0.2, -0.15) is 0 Å². The summed E-state index contributed by atoms with van der Waals surface area (Å²) in [4.78, 5) is 37.1. The molecule has 9 nitrogen and oxygen atoms in total. The Labute approximate surface area is 360 Å². The fraction of sp³-hybridized carbons (Fsp3) is 0.938. The zero-order valence-electron chi connectivity index (χ0n) is 39.7. The topological polar surface area (TPSA) is 118 Å². The highest BCUT2D eigenvalue weighted by Gasteiger charge is 2.85. The van der Waals surface area contributed by atoms with Gasteiger partial charge in [-0.05, 0) is 141 Å². The van der Waals surface area contributed by atoms with Crippen LogP contribution in [0.2, 0.25) is 36.3 Å². The molecule has 9 unspecified atom stereocenters. The molecule has 338 valence electrons. The Bertz CT molecular complexity index is 1560. The van der Waals surface area contributed by atoms with Crippen LogP contribution in [0.15, 0.2) is 0 Å². The SMILES string of the molecule is CC[Si](CC)(CC)O[C@H]1C2OC(C(OC(C)=O)C(C)(C)O[Si](CC)(CC)CC)C[C@@H](C)[C@@H]2C2(C)CCC34CC35CCC(OC(=O)CCC(=O)O)C(C)(C)C5CCC4[C@]12C. The van der Waals surface area contributed by atoms with Gasteiger partial charge in [0.1, 0.15) is 6.10 Å². The van der Waals surface area contributed by atoms with Crippen LogP contribution in [0.3, 0.4) is 0 Å². The van der Waals surface area contributed by atoms with E-state index in [2.05, 4.69) is 90.0 Å². The number of aliphatic carboxylic acids is 1. The molecule has 1 saturated heterocycles. The summed E-state index contributed by atoms with van der Waals surface area (Å²) < 4.78 is 35.5. The lowest BCUT2D eigenvalue weighted by atomic mass is 9.41. The number of rotatable bonds is 17. The summed E-state index contributed by atoms with van der Waals surface area (Å²) in [6.07, 6.45) is 7.12. The fourth-order valence-electron chi connectivity index (χ4n) is 16.0. The van der Waals surface area contributed by atoms with Crippen LogP contribution < -0.4 is 0 Å². The third-order valence-electron chi connectivity index (χ3n) is 19.6. The summed E-state index contributed by atoms with van der Waals surface area (Å²) in [5.41, 5.74) is -0.569. The van der Waals surface area contributed by atoms with Gasteiger partial charge in [0.2, 0.25) is 0 Å². The number of carbonyl (C=O) groups is 3. The van der Waals surface area contributed by atoms with E-state index in [1.165, 1.54) is 19.8 Å². The molecule has 0 aromatic rings. The van der Waals surface area contributed by atoms with Crippen LogP contribution in [0.25, 0.3) is 0 Å². The van der Waals surface area contributed by atoms with Gasteiger partial charge in [0.25, 0.3) is 0 Å². The Morgan fingerprint density at radius 2 is 1.39 bits per heavy atom. The van der Waals surface area contributed by atoms with Crippen LogP contribution in [0.4, 0.5) is 0 Å². The first kappa shape index (κ1) is 47.2. The van der Waals surface area contributed by atoms with E-state index in [4.69, 9.17) is 23.1 Å². The molecule has 0 amide bonds. The smallest absolute Gasteiger partial charge is 0.306 e. The average molecular weight is 861 g/mol. The molecule has 13 atom stereocenters. The minimum absolute atomic E-state index is 0.0126. The molecule has 1 N–H and O–H groups in total. The number of fused-ring (bicyclic) bond motifs is 4. The van der Waals surface area contributed by atoms with Crippen LogP contribution >= 0.6 is 0 Å². The number of carbonyl (C=O) groups excluding carboxylic acids is 2. The largest absolute Gasteiger partial charge is 0.481 e. The third kappa shape index (κ3) is 7.28. The zero-order chi connectivity index (χ0) is 43.8. The van der Waals surface area contributed by atoms with Crippen molar-refractivity contribution >= 4 is 34.5 Å². The lowest BCUT2D eigenvalue weighted by Crippen LogP contribution is -2.61. The number of ether oxygens (including phenoxy) is 3. The molecule has 11 heteroatoms. The van der Waals surface area contributed by atoms with Crippen molar-refractivity contribution in [2.75, 3.05) is 0 Å². The molecule has 6 fully saturated rings. The van der Waals surface area contributed by atoms with Gasteiger partial charge in [-0.15, -0.1) is 0 Å². The summed E-state index contributed by atoms with van der Waals surface area (Å²) in [7, 11) is -4.20.